The van der Waals surface area contributed by atoms with Crippen molar-refractivity contribution in [1.29, 1.82) is 0 Å². The minimum atomic E-state index is -1.05. The Morgan fingerprint density at radius 1 is 0.686 bits per heavy atom. The summed E-state index contributed by atoms with van der Waals surface area (Å²) in [5.74, 6) is 2.07. The number of hydrogen-bond acceptors (Lipinski definition) is 7. The standard InChI is InChI=1S/C20H19NOS2.C20H19NS2.C2H4O2/c22-24(14-18-13-23-20(21-18)17-11-12-17)19(15-7-3-1-4-8-15)16-9-5-2-6-10-16;1-3-7-15(8-4-1)19(16-9-5-2-6-10-16)22-13-18-14-23-20(21-18)17-11-12-17;1-2(3)4/h1-10,13,17,19H,11-12,14H2;1-10,14,17,19H,11-13H2;1H3,(H,3,4). The molecule has 0 spiro atoms. The molecule has 8 rings (SSSR count). The van der Waals surface area contributed by atoms with E-state index in [1.807, 2.05) is 59.5 Å². The van der Waals surface area contributed by atoms with Crippen LogP contribution in [0.2, 0.25) is 0 Å². The van der Waals surface area contributed by atoms with Gasteiger partial charge in [0.15, 0.2) is 0 Å². The summed E-state index contributed by atoms with van der Waals surface area (Å²) in [6.45, 7) is 1.08. The number of aromatic nitrogens is 2. The van der Waals surface area contributed by atoms with Gasteiger partial charge in [-0.15, -0.1) is 34.4 Å². The van der Waals surface area contributed by atoms with E-state index in [0.29, 0.717) is 16.9 Å². The highest BCUT2D eigenvalue weighted by molar-refractivity contribution is 7.99. The number of carbonyl (C=O) groups is 1. The van der Waals surface area contributed by atoms with Gasteiger partial charge in [0.2, 0.25) is 0 Å². The number of thioether (sulfide) groups is 1. The summed E-state index contributed by atoms with van der Waals surface area (Å²) in [7, 11) is -1.05. The van der Waals surface area contributed by atoms with Gasteiger partial charge in [0, 0.05) is 46.1 Å². The summed E-state index contributed by atoms with van der Waals surface area (Å²) in [6.07, 6.45) is 5.17. The first-order chi connectivity index (χ1) is 24.9. The molecule has 0 bridgehead atoms. The number of hydrogen-bond donors (Lipinski definition) is 1. The molecule has 2 heterocycles. The van der Waals surface area contributed by atoms with Crippen LogP contribution in [0.15, 0.2) is 132 Å². The van der Waals surface area contributed by atoms with E-state index in [0.717, 1.165) is 35.4 Å². The van der Waals surface area contributed by atoms with Gasteiger partial charge in [-0.2, -0.15) is 0 Å². The van der Waals surface area contributed by atoms with Gasteiger partial charge >= 0.3 is 0 Å². The van der Waals surface area contributed by atoms with Crippen molar-refractivity contribution in [1.82, 2.24) is 9.97 Å². The van der Waals surface area contributed by atoms with Crippen LogP contribution < -0.4 is 0 Å². The molecule has 0 aliphatic heterocycles. The Morgan fingerprint density at radius 2 is 1.06 bits per heavy atom. The zero-order valence-corrected chi connectivity index (χ0v) is 31.8. The lowest BCUT2D eigenvalue weighted by atomic mass is 10.0. The topological polar surface area (TPSA) is 80.1 Å². The van der Waals surface area contributed by atoms with Crippen molar-refractivity contribution in [2.75, 3.05) is 0 Å². The van der Waals surface area contributed by atoms with E-state index < -0.39 is 16.8 Å². The van der Waals surface area contributed by atoms with Crippen LogP contribution in [0.25, 0.3) is 0 Å². The average Bonchev–Trinajstić information content (AvgIpc) is 4.10. The molecule has 4 aromatic carbocycles. The maximum atomic E-state index is 13.2. The van der Waals surface area contributed by atoms with E-state index in [-0.39, 0.29) is 5.25 Å². The van der Waals surface area contributed by atoms with Crippen molar-refractivity contribution in [3.8, 4) is 0 Å². The molecule has 2 fully saturated rings. The zero-order chi connectivity index (χ0) is 35.4. The lowest BCUT2D eigenvalue weighted by Gasteiger charge is -2.17. The fourth-order valence-corrected chi connectivity index (χ4v) is 10.5. The molecule has 2 aliphatic carbocycles. The molecule has 2 saturated carbocycles. The third-order valence-corrected chi connectivity index (χ3v) is 13.5. The Balaban J connectivity index is 0.000000159. The number of nitrogens with zero attached hydrogens (tertiary/aromatic N) is 2. The van der Waals surface area contributed by atoms with E-state index >= 15 is 0 Å². The van der Waals surface area contributed by atoms with E-state index in [2.05, 4.69) is 95.7 Å². The molecule has 0 saturated heterocycles. The minimum absolute atomic E-state index is 0.113. The number of carboxylic acids is 1. The third-order valence-electron chi connectivity index (χ3n) is 8.35. The highest BCUT2D eigenvalue weighted by Gasteiger charge is 2.28. The van der Waals surface area contributed by atoms with E-state index in [1.54, 1.807) is 11.3 Å². The van der Waals surface area contributed by atoms with Gasteiger partial charge in [-0.05, 0) is 47.9 Å². The third kappa shape index (κ3) is 11.3. The van der Waals surface area contributed by atoms with Crippen molar-refractivity contribution in [2.45, 2.75) is 66.4 Å². The second-order valence-corrected chi connectivity index (χ2v) is 17.1. The molecule has 1 unspecified atom stereocenters. The van der Waals surface area contributed by atoms with Crippen LogP contribution in [-0.2, 0) is 27.1 Å². The average molecular weight is 751 g/mol. The Labute approximate surface area is 315 Å². The zero-order valence-electron chi connectivity index (χ0n) is 28.5. The van der Waals surface area contributed by atoms with Crippen molar-refractivity contribution in [2.24, 2.45) is 0 Å². The van der Waals surface area contributed by atoms with Crippen LogP contribution in [0.1, 0.15) is 98.6 Å². The molecule has 51 heavy (non-hydrogen) atoms. The molecule has 5 nitrogen and oxygen atoms in total. The largest absolute Gasteiger partial charge is 0.481 e. The van der Waals surface area contributed by atoms with Crippen molar-refractivity contribution in [3.05, 3.63) is 176 Å². The predicted octanol–water partition coefficient (Wildman–Crippen LogP) is 11.2. The molecular weight excluding hydrogens is 709 g/mol. The number of aliphatic carboxylic acids is 1. The first kappa shape index (κ1) is 36.9. The number of carboxylic acid groups (broad SMARTS) is 1. The summed E-state index contributed by atoms with van der Waals surface area (Å²) in [6, 6.07) is 41.8. The van der Waals surface area contributed by atoms with Crippen LogP contribution in [-0.4, -0.2) is 25.3 Å². The molecule has 2 aromatic heterocycles. The summed E-state index contributed by atoms with van der Waals surface area (Å²) in [4.78, 5) is 18.5. The lowest BCUT2D eigenvalue weighted by molar-refractivity contribution is -0.134. The number of rotatable bonds is 12. The summed E-state index contributed by atoms with van der Waals surface area (Å²) >= 11 is 5.53. The monoisotopic (exact) mass is 750 g/mol. The van der Waals surface area contributed by atoms with Crippen LogP contribution in [0.4, 0.5) is 0 Å². The Morgan fingerprint density at radius 3 is 1.47 bits per heavy atom. The summed E-state index contributed by atoms with van der Waals surface area (Å²) in [5, 5.41) is 14.6. The van der Waals surface area contributed by atoms with Crippen LogP contribution >= 0.6 is 34.4 Å². The first-order valence-electron chi connectivity index (χ1n) is 17.2. The van der Waals surface area contributed by atoms with E-state index in [1.165, 1.54) is 52.5 Å². The van der Waals surface area contributed by atoms with Gasteiger partial charge < -0.3 is 5.11 Å². The van der Waals surface area contributed by atoms with E-state index in [4.69, 9.17) is 19.9 Å². The Bertz CT molecular complexity index is 1880. The molecule has 1 N–H and O–H groups in total. The van der Waals surface area contributed by atoms with Gasteiger partial charge in [0.1, 0.15) is 0 Å². The van der Waals surface area contributed by atoms with Crippen molar-refractivity contribution < 1.29 is 14.1 Å². The van der Waals surface area contributed by atoms with Crippen molar-refractivity contribution in [3.63, 3.8) is 0 Å². The fourth-order valence-electron chi connectivity index (χ4n) is 5.60. The van der Waals surface area contributed by atoms with Crippen molar-refractivity contribution >= 4 is 51.2 Å². The van der Waals surface area contributed by atoms with Gasteiger partial charge in [-0.3, -0.25) is 9.00 Å². The molecular formula is C42H42N2O3S4. The predicted molar refractivity (Wildman–Crippen MR) is 214 cm³/mol. The van der Waals surface area contributed by atoms with Gasteiger partial charge in [0.25, 0.3) is 5.97 Å². The van der Waals surface area contributed by atoms with Gasteiger partial charge in [-0.25, -0.2) is 9.97 Å². The van der Waals surface area contributed by atoms with Crippen LogP contribution in [0.5, 0.6) is 0 Å². The molecule has 262 valence electrons. The number of thiazole rings is 2. The second-order valence-electron chi connectivity index (χ2n) is 12.7. The molecule has 2 aliphatic rings. The van der Waals surface area contributed by atoms with Crippen LogP contribution in [0.3, 0.4) is 0 Å². The highest BCUT2D eigenvalue weighted by atomic mass is 32.2. The molecule has 0 radical (unpaired) electrons. The SMILES string of the molecule is CC(=O)O.O=S(Cc1csc(C2CC2)n1)C(c1ccccc1)c1ccccc1.c1ccc(C(SCc2csc(C3CC3)n2)c2ccccc2)cc1. The maximum Gasteiger partial charge on any atom is 0.300 e. The Kier molecular flexibility index (Phi) is 13.4. The number of benzene rings is 4. The lowest BCUT2D eigenvalue weighted by Crippen LogP contribution is -2.10. The van der Waals surface area contributed by atoms with E-state index in [9.17, 15) is 4.21 Å². The van der Waals surface area contributed by atoms with Gasteiger partial charge in [-0.1, -0.05) is 121 Å². The minimum Gasteiger partial charge on any atom is -0.481 e. The molecule has 0 amide bonds. The normalized spacial score (nSPS) is 14.3. The quantitative estimate of drug-likeness (QED) is 0.134. The summed E-state index contributed by atoms with van der Waals surface area (Å²) < 4.78 is 13.2. The molecule has 9 heteroatoms. The smallest absolute Gasteiger partial charge is 0.300 e. The molecule has 1 atom stereocenters. The maximum absolute atomic E-state index is 13.2. The highest BCUT2D eigenvalue weighted by Crippen LogP contribution is 2.43. The van der Waals surface area contributed by atoms with Crippen LogP contribution in [0, 0.1) is 0 Å². The fraction of sp³-hybridized carbons (Fsp3) is 0.262. The van der Waals surface area contributed by atoms with Gasteiger partial charge in [0.05, 0.1) is 37.7 Å². The summed E-state index contributed by atoms with van der Waals surface area (Å²) in [5.41, 5.74) is 7.12. The molecule has 6 aromatic rings. The second kappa shape index (κ2) is 18.6. The first-order valence-corrected chi connectivity index (χ1v) is 21.4. The Hall–Kier alpha value is -3.89.